The molecule has 3 rings (SSSR count). The lowest BCUT2D eigenvalue weighted by Crippen LogP contribution is -2.57. The van der Waals surface area contributed by atoms with Crippen LogP contribution < -0.4 is 5.73 Å². The van der Waals surface area contributed by atoms with Crippen LogP contribution in [0.2, 0.25) is 0 Å². The lowest BCUT2D eigenvalue weighted by molar-refractivity contribution is -0.148. The standard InChI is InChI=1S/C18H24FN3O3/c19-15-3-1-2-14(12-15)16(23)21-6-8-22(9-7-21)17(24)18(13-20)4-10-25-11-5-18/h1-3,12H,4-11,13,20H2. The summed E-state index contributed by atoms with van der Waals surface area (Å²) in [7, 11) is 0. The Morgan fingerprint density at radius 3 is 2.36 bits per heavy atom. The van der Waals surface area contributed by atoms with Gasteiger partial charge in [0.15, 0.2) is 0 Å². The SMILES string of the molecule is NCC1(C(=O)N2CCN(C(=O)c3cccc(F)c3)CC2)CCOCC1. The van der Waals surface area contributed by atoms with E-state index in [0.29, 0.717) is 64.3 Å². The van der Waals surface area contributed by atoms with E-state index in [1.165, 1.54) is 18.2 Å². The first-order valence-corrected chi connectivity index (χ1v) is 8.68. The van der Waals surface area contributed by atoms with Gasteiger partial charge in [-0.15, -0.1) is 0 Å². The molecule has 0 aliphatic carbocycles. The van der Waals surface area contributed by atoms with Crippen LogP contribution in [-0.4, -0.2) is 67.6 Å². The number of hydrogen-bond donors (Lipinski definition) is 1. The second kappa shape index (κ2) is 7.49. The van der Waals surface area contributed by atoms with Crippen molar-refractivity contribution in [2.24, 2.45) is 11.1 Å². The molecule has 7 heteroatoms. The molecule has 136 valence electrons. The summed E-state index contributed by atoms with van der Waals surface area (Å²) < 4.78 is 18.7. The molecule has 2 aliphatic rings. The number of rotatable bonds is 3. The smallest absolute Gasteiger partial charge is 0.254 e. The van der Waals surface area contributed by atoms with E-state index in [1.807, 2.05) is 0 Å². The molecule has 0 saturated carbocycles. The average molecular weight is 349 g/mol. The van der Waals surface area contributed by atoms with Crippen LogP contribution >= 0.6 is 0 Å². The molecule has 0 radical (unpaired) electrons. The molecule has 0 atom stereocenters. The van der Waals surface area contributed by atoms with Crippen LogP contribution in [0.1, 0.15) is 23.2 Å². The number of carbonyl (C=O) groups is 2. The highest BCUT2D eigenvalue weighted by atomic mass is 19.1. The second-order valence-electron chi connectivity index (χ2n) is 6.69. The quantitative estimate of drug-likeness (QED) is 0.878. The van der Waals surface area contributed by atoms with Crippen molar-refractivity contribution < 1.29 is 18.7 Å². The molecule has 25 heavy (non-hydrogen) atoms. The Balaban J connectivity index is 1.61. The molecule has 1 aromatic carbocycles. The fourth-order valence-corrected chi connectivity index (χ4v) is 3.52. The first-order chi connectivity index (χ1) is 12.1. The van der Waals surface area contributed by atoms with Gasteiger partial charge in [0.05, 0.1) is 5.41 Å². The summed E-state index contributed by atoms with van der Waals surface area (Å²) in [5.74, 6) is -0.563. The summed E-state index contributed by atoms with van der Waals surface area (Å²) in [5, 5.41) is 0. The predicted molar refractivity (Wildman–Crippen MR) is 90.4 cm³/mol. The maximum atomic E-state index is 13.3. The number of amides is 2. The summed E-state index contributed by atoms with van der Waals surface area (Å²) in [6.45, 7) is 3.26. The van der Waals surface area contributed by atoms with Crippen LogP contribution in [0, 0.1) is 11.2 Å². The molecule has 2 saturated heterocycles. The number of carbonyl (C=O) groups excluding carboxylic acids is 2. The fourth-order valence-electron chi connectivity index (χ4n) is 3.52. The molecule has 0 unspecified atom stereocenters. The predicted octanol–water partition coefficient (Wildman–Crippen LogP) is 0.866. The van der Waals surface area contributed by atoms with Gasteiger partial charge in [-0.1, -0.05) is 6.07 Å². The first kappa shape index (κ1) is 17.8. The van der Waals surface area contributed by atoms with E-state index in [-0.39, 0.29) is 11.8 Å². The third-order valence-electron chi connectivity index (χ3n) is 5.22. The zero-order chi connectivity index (χ0) is 17.9. The van der Waals surface area contributed by atoms with Gasteiger partial charge >= 0.3 is 0 Å². The number of piperazine rings is 1. The third-order valence-corrected chi connectivity index (χ3v) is 5.22. The van der Waals surface area contributed by atoms with Gasteiger partial charge in [-0.2, -0.15) is 0 Å². The van der Waals surface area contributed by atoms with Gasteiger partial charge in [-0.3, -0.25) is 9.59 Å². The highest BCUT2D eigenvalue weighted by molar-refractivity contribution is 5.94. The lowest BCUT2D eigenvalue weighted by atomic mass is 9.78. The molecule has 6 nitrogen and oxygen atoms in total. The van der Waals surface area contributed by atoms with Gasteiger partial charge in [0.25, 0.3) is 5.91 Å². The van der Waals surface area contributed by atoms with Crippen molar-refractivity contribution in [1.29, 1.82) is 0 Å². The number of benzene rings is 1. The fraction of sp³-hybridized carbons (Fsp3) is 0.556. The maximum Gasteiger partial charge on any atom is 0.254 e. The van der Waals surface area contributed by atoms with E-state index in [1.54, 1.807) is 15.9 Å². The molecule has 2 amide bonds. The third kappa shape index (κ3) is 3.67. The summed E-state index contributed by atoms with van der Waals surface area (Å²) in [6, 6.07) is 5.69. The van der Waals surface area contributed by atoms with Crippen molar-refractivity contribution in [3.63, 3.8) is 0 Å². The van der Waals surface area contributed by atoms with Crippen molar-refractivity contribution >= 4 is 11.8 Å². The van der Waals surface area contributed by atoms with E-state index in [9.17, 15) is 14.0 Å². The number of halogens is 1. The van der Waals surface area contributed by atoms with Gasteiger partial charge in [-0.05, 0) is 31.0 Å². The van der Waals surface area contributed by atoms with Crippen molar-refractivity contribution in [2.75, 3.05) is 45.9 Å². The highest BCUT2D eigenvalue weighted by Gasteiger charge is 2.42. The molecule has 0 bridgehead atoms. The summed E-state index contributed by atoms with van der Waals surface area (Å²) in [5.41, 5.74) is 5.71. The average Bonchev–Trinajstić information content (AvgIpc) is 2.67. The second-order valence-corrected chi connectivity index (χ2v) is 6.69. The Kier molecular flexibility index (Phi) is 5.34. The van der Waals surface area contributed by atoms with Crippen LogP contribution in [0.4, 0.5) is 4.39 Å². The number of ether oxygens (including phenoxy) is 1. The van der Waals surface area contributed by atoms with Crippen LogP contribution in [0.25, 0.3) is 0 Å². The van der Waals surface area contributed by atoms with Gasteiger partial charge in [0.2, 0.25) is 5.91 Å². The van der Waals surface area contributed by atoms with Gasteiger partial charge < -0.3 is 20.3 Å². The van der Waals surface area contributed by atoms with E-state index < -0.39 is 11.2 Å². The van der Waals surface area contributed by atoms with E-state index >= 15 is 0 Å². The zero-order valence-corrected chi connectivity index (χ0v) is 14.2. The largest absolute Gasteiger partial charge is 0.381 e. The number of hydrogen-bond acceptors (Lipinski definition) is 4. The Morgan fingerprint density at radius 2 is 1.76 bits per heavy atom. The van der Waals surface area contributed by atoms with Crippen molar-refractivity contribution in [2.45, 2.75) is 12.8 Å². The van der Waals surface area contributed by atoms with Crippen LogP contribution in [0.5, 0.6) is 0 Å². The van der Waals surface area contributed by atoms with Crippen LogP contribution in [0.3, 0.4) is 0 Å². The van der Waals surface area contributed by atoms with E-state index in [2.05, 4.69) is 0 Å². The van der Waals surface area contributed by atoms with Gasteiger partial charge in [0, 0.05) is 51.5 Å². The van der Waals surface area contributed by atoms with Gasteiger partial charge in [0.1, 0.15) is 5.82 Å². The van der Waals surface area contributed by atoms with Gasteiger partial charge in [-0.25, -0.2) is 4.39 Å². The number of nitrogens with zero attached hydrogens (tertiary/aromatic N) is 2. The topological polar surface area (TPSA) is 75.9 Å². The zero-order valence-electron chi connectivity index (χ0n) is 14.2. The molecule has 2 fully saturated rings. The molecule has 0 aromatic heterocycles. The Labute approximate surface area is 146 Å². The summed E-state index contributed by atoms with van der Waals surface area (Å²) >= 11 is 0. The van der Waals surface area contributed by atoms with Crippen LogP contribution in [-0.2, 0) is 9.53 Å². The minimum absolute atomic E-state index is 0.0659. The molecule has 2 heterocycles. The van der Waals surface area contributed by atoms with E-state index in [0.717, 1.165) is 0 Å². The normalized spacial score (nSPS) is 20.4. The maximum absolute atomic E-state index is 13.3. The van der Waals surface area contributed by atoms with Crippen molar-refractivity contribution in [3.05, 3.63) is 35.6 Å². The minimum atomic E-state index is -0.535. The Hall–Kier alpha value is -1.99. The Bertz CT molecular complexity index is 638. The summed E-state index contributed by atoms with van der Waals surface area (Å²) in [4.78, 5) is 28.9. The molecule has 2 aliphatic heterocycles. The van der Waals surface area contributed by atoms with E-state index in [4.69, 9.17) is 10.5 Å². The monoisotopic (exact) mass is 349 g/mol. The van der Waals surface area contributed by atoms with Crippen molar-refractivity contribution in [3.8, 4) is 0 Å². The molecule has 0 spiro atoms. The van der Waals surface area contributed by atoms with Crippen molar-refractivity contribution in [1.82, 2.24) is 9.80 Å². The molecule has 1 aromatic rings. The lowest BCUT2D eigenvalue weighted by Gasteiger charge is -2.42. The molecular weight excluding hydrogens is 325 g/mol. The minimum Gasteiger partial charge on any atom is -0.381 e. The summed E-state index contributed by atoms with van der Waals surface area (Å²) in [6.07, 6.45) is 1.29. The molecule has 2 N–H and O–H groups in total. The Morgan fingerprint density at radius 1 is 1.12 bits per heavy atom. The van der Waals surface area contributed by atoms with Crippen LogP contribution in [0.15, 0.2) is 24.3 Å². The number of nitrogens with two attached hydrogens (primary N) is 1. The highest BCUT2D eigenvalue weighted by Crippen LogP contribution is 2.32. The first-order valence-electron chi connectivity index (χ1n) is 8.68. The molecular formula is C18H24FN3O3.